The molecule has 0 amide bonds. The average Bonchev–Trinajstić information content (AvgIpc) is 2.80. The summed E-state index contributed by atoms with van der Waals surface area (Å²) in [5.74, 6) is 1.01. The SMILES string of the molecule is OCC[C@@H]1C[C@@H](c2ccccc2)c2ccccc21. The molecule has 1 nitrogen and oxygen atoms in total. The fourth-order valence-electron chi connectivity index (χ4n) is 3.17. The van der Waals surface area contributed by atoms with Gasteiger partial charge in [-0.25, -0.2) is 0 Å². The topological polar surface area (TPSA) is 20.2 Å². The van der Waals surface area contributed by atoms with Gasteiger partial charge in [-0.1, -0.05) is 54.6 Å². The van der Waals surface area contributed by atoms with E-state index in [9.17, 15) is 5.11 Å². The Kier molecular flexibility index (Phi) is 3.16. The number of aliphatic hydroxyl groups excluding tert-OH is 1. The third-order valence-electron chi connectivity index (χ3n) is 4.01. The van der Waals surface area contributed by atoms with Crippen molar-refractivity contribution in [2.75, 3.05) is 6.61 Å². The highest BCUT2D eigenvalue weighted by molar-refractivity contribution is 5.44. The minimum atomic E-state index is 0.278. The first-order chi connectivity index (χ1) is 8.90. The average molecular weight is 238 g/mol. The Morgan fingerprint density at radius 3 is 2.28 bits per heavy atom. The lowest BCUT2D eigenvalue weighted by Gasteiger charge is -2.12. The first-order valence-corrected chi connectivity index (χ1v) is 6.65. The Morgan fingerprint density at radius 2 is 1.56 bits per heavy atom. The second kappa shape index (κ2) is 4.95. The Hall–Kier alpha value is -1.60. The van der Waals surface area contributed by atoms with E-state index in [0.717, 1.165) is 12.8 Å². The Balaban J connectivity index is 1.99. The number of fused-ring (bicyclic) bond motifs is 1. The first-order valence-electron chi connectivity index (χ1n) is 6.65. The molecule has 0 unspecified atom stereocenters. The van der Waals surface area contributed by atoms with E-state index in [2.05, 4.69) is 54.6 Å². The molecule has 0 aromatic heterocycles. The van der Waals surface area contributed by atoms with Crippen LogP contribution in [0.2, 0.25) is 0 Å². The molecule has 92 valence electrons. The molecule has 1 N–H and O–H groups in total. The Morgan fingerprint density at radius 1 is 0.889 bits per heavy atom. The van der Waals surface area contributed by atoms with Gasteiger partial charge < -0.3 is 5.11 Å². The summed E-state index contributed by atoms with van der Waals surface area (Å²) in [6.07, 6.45) is 2.00. The van der Waals surface area contributed by atoms with Gasteiger partial charge in [-0.15, -0.1) is 0 Å². The molecular formula is C17H18O. The number of hydrogen-bond donors (Lipinski definition) is 1. The van der Waals surface area contributed by atoms with Gasteiger partial charge in [0.25, 0.3) is 0 Å². The zero-order chi connectivity index (χ0) is 12.4. The molecule has 0 fully saturated rings. The number of aliphatic hydroxyl groups is 1. The smallest absolute Gasteiger partial charge is 0.0436 e. The van der Waals surface area contributed by atoms with E-state index in [1.165, 1.54) is 16.7 Å². The third-order valence-corrected chi connectivity index (χ3v) is 4.01. The molecule has 2 aromatic carbocycles. The van der Waals surface area contributed by atoms with E-state index in [1.807, 2.05) is 0 Å². The molecule has 0 spiro atoms. The summed E-state index contributed by atoms with van der Waals surface area (Å²) in [6.45, 7) is 0.278. The van der Waals surface area contributed by atoms with Gasteiger partial charge in [-0.2, -0.15) is 0 Å². The van der Waals surface area contributed by atoms with Crippen LogP contribution in [0, 0.1) is 0 Å². The predicted octanol–water partition coefficient (Wildman–Crippen LogP) is 3.69. The van der Waals surface area contributed by atoms with E-state index in [4.69, 9.17) is 0 Å². The Labute approximate surface area is 108 Å². The molecule has 2 aromatic rings. The lowest BCUT2D eigenvalue weighted by Crippen LogP contribution is -1.98. The van der Waals surface area contributed by atoms with Gasteiger partial charge in [0.2, 0.25) is 0 Å². The molecule has 18 heavy (non-hydrogen) atoms. The van der Waals surface area contributed by atoms with E-state index in [1.54, 1.807) is 0 Å². The van der Waals surface area contributed by atoms with E-state index < -0.39 is 0 Å². The predicted molar refractivity (Wildman–Crippen MR) is 73.8 cm³/mol. The van der Waals surface area contributed by atoms with Crippen molar-refractivity contribution < 1.29 is 5.11 Å². The van der Waals surface area contributed by atoms with Crippen LogP contribution in [0.4, 0.5) is 0 Å². The molecule has 3 rings (SSSR count). The molecule has 1 heteroatoms. The van der Waals surface area contributed by atoms with Crippen molar-refractivity contribution in [1.29, 1.82) is 0 Å². The van der Waals surface area contributed by atoms with Crippen LogP contribution >= 0.6 is 0 Å². The lowest BCUT2D eigenvalue weighted by atomic mass is 9.92. The largest absolute Gasteiger partial charge is 0.396 e. The highest BCUT2D eigenvalue weighted by Gasteiger charge is 2.30. The second-order valence-corrected chi connectivity index (χ2v) is 5.04. The molecular weight excluding hydrogens is 220 g/mol. The van der Waals surface area contributed by atoms with Crippen LogP contribution < -0.4 is 0 Å². The molecule has 1 aliphatic carbocycles. The molecule has 0 aliphatic heterocycles. The first kappa shape index (κ1) is 11.5. The van der Waals surface area contributed by atoms with Gasteiger partial charge in [-0.3, -0.25) is 0 Å². The maximum absolute atomic E-state index is 9.21. The van der Waals surface area contributed by atoms with Crippen LogP contribution in [0.5, 0.6) is 0 Å². The summed E-state index contributed by atoms with van der Waals surface area (Å²) in [4.78, 5) is 0. The maximum Gasteiger partial charge on any atom is 0.0436 e. The number of benzene rings is 2. The van der Waals surface area contributed by atoms with E-state index >= 15 is 0 Å². The zero-order valence-electron chi connectivity index (χ0n) is 10.4. The van der Waals surface area contributed by atoms with Gasteiger partial charge in [0, 0.05) is 12.5 Å². The Bertz CT molecular complexity index is 518. The monoisotopic (exact) mass is 238 g/mol. The van der Waals surface area contributed by atoms with Gasteiger partial charge >= 0.3 is 0 Å². The molecule has 0 saturated heterocycles. The van der Waals surface area contributed by atoms with Crippen molar-refractivity contribution in [3.8, 4) is 0 Å². The van der Waals surface area contributed by atoms with Gasteiger partial charge in [0.15, 0.2) is 0 Å². The zero-order valence-corrected chi connectivity index (χ0v) is 10.4. The summed E-state index contributed by atoms with van der Waals surface area (Å²) < 4.78 is 0. The minimum absolute atomic E-state index is 0.278. The lowest BCUT2D eigenvalue weighted by molar-refractivity contribution is 0.274. The number of hydrogen-bond acceptors (Lipinski definition) is 1. The second-order valence-electron chi connectivity index (χ2n) is 5.04. The third kappa shape index (κ3) is 1.95. The van der Waals surface area contributed by atoms with Crippen molar-refractivity contribution >= 4 is 0 Å². The normalized spacial score (nSPS) is 21.8. The van der Waals surface area contributed by atoms with Crippen LogP contribution in [0.1, 0.15) is 41.4 Å². The molecule has 0 heterocycles. The van der Waals surface area contributed by atoms with Crippen molar-refractivity contribution in [1.82, 2.24) is 0 Å². The summed E-state index contributed by atoms with van der Waals surface area (Å²) in [5.41, 5.74) is 4.27. The molecule has 0 radical (unpaired) electrons. The highest BCUT2D eigenvalue weighted by atomic mass is 16.3. The van der Waals surface area contributed by atoms with Crippen LogP contribution in [0.25, 0.3) is 0 Å². The minimum Gasteiger partial charge on any atom is -0.396 e. The van der Waals surface area contributed by atoms with Crippen molar-refractivity contribution in [3.63, 3.8) is 0 Å². The molecule has 2 atom stereocenters. The van der Waals surface area contributed by atoms with Crippen LogP contribution in [-0.4, -0.2) is 11.7 Å². The van der Waals surface area contributed by atoms with Crippen molar-refractivity contribution in [2.45, 2.75) is 24.7 Å². The summed E-state index contributed by atoms with van der Waals surface area (Å²) in [5, 5.41) is 9.21. The molecule has 1 aliphatic rings. The van der Waals surface area contributed by atoms with Crippen LogP contribution in [0.15, 0.2) is 54.6 Å². The maximum atomic E-state index is 9.21. The van der Waals surface area contributed by atoms with E-state index in [0.29, 0.717) is 11.8 Å². The van der Waals surface area contributed by atoms with Gasteiger partial charge in [0.1, 0.15) is 0 Å². The fourth-order valence-corrected chi connectivity index (χ4v) is 3.17. The van der Waals surface area contributed by atoms with Gasteiger partial charge in [-0.05, 0) is 35.4 Å². The summed E-state index contributed by atoms with van der Waals surface area (Å²) in [6, 6.07) is 19.4. The standard InChI is InChI=1S/C17H18O/c18-11-10-14-12-17(13-6-2-1-3-7-13)16-9-5-4-8-15(14)16/h1-9,14,17-18H,10-12H2/t14-,17+/m1/s1. The van der Waals surface area contributed by atoms with Crippen LogP contribution in [-0.2, 0) is 0 Å². The van der Waals surface area contributed by atoms with Crippen LogP contribution in [0.3, 0.4) is 0 Å². The summed E-state index contributed by atoms with van der Waals surface area (Å²) in [7, 11) is 0. The number of rotatable bonds is 3. The van der Waals surface area contributed by atoms with Gasteiger partial charge in [0.05, 0.1) is 0 Å². The van der Waals surface area contributed by atoms with E-state index in [-0.39, 0.29) is 6.61 Å². The quantitative estimate of drug-likeness (QED) is 0.864. The fraction of sp³-hybridized carbons (Fsp3) is 0.294. The summed E-state index contributed by atoms with van der Waals surface area (Å²) >= 11 is 0. The van der Waals surface area contributed by atoms with Crippen molar-refractivity contribution in [3.05, 3.63) is 71.3 Å². The molecule has 0 saturated carbocycles. The van der Waals surface area contributed by atoms with Crippen molar-refractivity contribution in [2.24, 2.45) is 0 Å². The highest BCUT2D eigenvalue weighted by Crippen LogP contribution is 2.46. The molecule has 0 bridgehead atoms.